The second-order valence-electron chi connectivity index (χ2n) is 6.96. The summed E-state index contributed by atoms with van der Waals surface area (Å²) >= 11 is 1.63. The van der Waals surface area contributed by atoms with Crippen LogP contribution >= 0.6 is 11.3 Å². The fraction of sp³-hybridized carbons (Fsp3) is 0.318. The van der Waals surface area contributed by atoms with Crippen molar-refractivity contribution in [2.45, 2.75) is 25.2 Å². The molecular weight excluding hydrogens is 370 g/mol. The molecule has 2 aromatic carbocycles. The molecule has 1 aromatic heterocycles. The fourth-order valence-electron chi connectivity index (χ4n) is 3.59. The van der Waals surface area contributed by atoms with E-state index < -0.39 is 0 Å². The van der Waals surface area contributed by atoms with E-state index >= 15 is 0 Å². The van der Waals surface area contributed by atoms with Gasteiger partial charge in [-0.1, -0.05) is 53.8 Å². The molecule has 1 saturated heterocycles. The van der Waals surface area contributed by atoms with Crippen LogP contribution in [0, 0.1) is 0 Å². The van der Waals surface area contributed by atoms with Crippen LogP contribution in [0.15, 0.2) is 54.6 Å². The Labute approximate surface area is 169 Å². The second kappa shape index (κ2) is 8.52. The Hall–Kier alpha value is -2.73. The van der Waals surface area contributed by atoms with E-state index in [2.05, 4.69) is 10.2 Å². The first-order valence-electron chi connectivity index (χ1n) is 9.53. The summed E-state index contributed by atoms with van der Waals surface area (Å²) in [4.78, 5) is 14.5. The number of nitrogens with zero attached hydrogens (tertiary/aromatic N) is 3. The number of benzene rings is 2. The van der Waals surface area contributed by atoms with Gasteiger partial charge in [0.25, 0.3) is 0 Å². The molecule has 6 heteroatoms. The van der Waals surface area contributed by atoms with Crippen molar-refractivity contribution in [1.29, 1.82) is 0 Å². The van der Waals surface area contributed by atoms with Gasteiger partial charge >= 0.3 is 0 Å². The molecule has 4 rings (SSSR count). The molecule has 28 heavy (non-hydrogen) atoms. The van der Waals surface area contributed by atoms with E-state index in [0.717, 1.165) is 52.8 Å². The monoisotopic (exact) mass is 393 g/mol. The number of likely N-dealkylation sites (tertiary alicyclic amines) is 1. The number of rotatable bonds is 5. The molecule has 0 atom stereocenters. The first kappa shape index (κ1) is 18.6. The van der Waals surface area contributed by atoms with Crippen LogP contribution in [0.3, 0.4) is 0 Å². The molecule has 1 aliphatic rings. The number of piperidine rings is 1. The van der Waals surface area contributed by atoms with Gasteiger partial charge in [0.05, 0.1) is 19.1 Å². The Kier molecular flexibility index (Phi) is 5.67. The first-order valence-corrected chi connectivity index (χ1v) is 10.3. The number of para-hydroxylation sites is 1. The quantitative estimate of drug-likeness (QED) is 0.653. The van der Waals surface area contributed by atoms with E-state index in [4.69, 9.17) is 4.74 Å². The molecule has 3 aromatic rings. The maximum atomic E-state index is 12.6. The lowest BCUT2D eigenvalue weighted by Crippen LogP contribution is -2.38. The fourth-order valence-corrected chi connectivity index (χ4v) is 4.63. The van der Waals surface area contributed by atoms with Gasteiger partial charge in [0.2, 0.25) is 5.91 Å². The highest BCUT2D eigenvalue weighted by Crippen LogP contribution is 2.36. The number of aromatic nitrogens is 2. The van der Waals surface area contributed by atoms with Crippen molar-refractivity contribution in [3.8, 4) is 16.3 Å². The van der Waals surface area contributed by atoms with Crippen LogP contribution in [0.25, 0.3) is 10.6 Å². The molecule has 0 spiro atoms. The Morgan fingerprint density at radius 2 is 1.79 bits per heavy atom. The van der Waals surface area contributed by atoms with Crippen LogP contribution in [0.1, 0.15) is 29.3 Å². The average molecular weight is 394 g/mol. The Morgan fingerprint density at radius 3 is 2.54 bits per heavy atom. The van der Waals surface area contributed by atoms with E-state index in [-0.39, 0.29) is 5.91 Å². The molecule has 1 fully saturated rings. The number of methoxy groups -OCH3 is 1. The smallest absolute Gasteiger partial charge is 0.226 e. The van der Waals surface area contributed by atoms with E-state index in [1.165, 1.54) is 0 Å². The van der Waals surface area contributed by atoms with E-state index in [1.54, 1.807) is 18.4 Å². The highest BCUT2D eigenvalue weighted by molar-refractivity contribution is 7.14. The number of carbonyl (C=O) groups excluding carboxylic acids is 1. The molecule has 2 heterocycles. The number of hydrogen-bond acceptors (Lipinski definition) is 5. The highest BCUT2D eigenvalue weighted by atomic mass is 32.1. The maximum Gasteiger partial charge on any atom is 0.226 e. The van der Waals surface area contributed by atoms with E-state index in [9.17, 15) is 4.79 Å². The summed E-state index contributed by atoms with van der Waals surface area (Å²) in [5, 5.41) is 10.8. The van der Waals surface area contributed by atoms with Crippen molar-refractivity contribution in [2.24, 2.45) is 0 Å². The molecule has 0 N–H and O–H groups in total. The van der Waals surface area contributed by atoms with Crippen LogP contribution in [-0.2, 0) is 11.2 Å². The molecule has 144 valence electrons. The summed E-state index contributed by atoms with van der Waals surface area (Å²) in [6, 6.07) is 17.8. The van der Waals surface area contributed by atoms with Crippen molar-refractivity contribution >= 4 is 17.2 Å². The lowest BCUT2D eigenvalue weighted by atomic mass is 9.97. The zero-order valence-electron chi connectivity index (χ0n) is 15.9. The lowest BCUT2D eigenvalue weighted by Gasteiger charge is -2.31. The lowest BCUT2D eigenvalue weighted by molar-refractivity contribution is -0.131. The zero-order chi connectivity index (χ0) is 19.3. The van der Waals surface area contributed by atoms with Crippen LogP contribution in [0.5, 0.6) is 5.75 Å². The van der Waals surface area contributed by atoms with Gasteiger partial charge in [0, 0.05) is 19.0 Å². The topological polar surface area (TPSA) is 55.3 Å². The minimum Gasteiger partial charge on any atom is -0.496 e. The third-order valence-electron chi connectivity index (χ3n) is 5.17. The van der Waals surface area contributed by atoms with Gasteiger partial charge in [-0.05, 0) is 30.5 Å². The summed E-state index contributed by atoms with van der Waals surface area (Å²) in [5.41, 5.74) is 2.05. The number of ether oxygens (including phenoxy) is 1. The van der Waals surface area contributed by atoms with Crippen molar-refractivity contribution in [1.82, 2.24) is 15.1 Å². The third-order valence-corrected chi connectivity index (χ3v) is 6.29. The molecular formula is C22H23N3O2S. The highest BCUT2D eigenvalue weighted by Gasteiger charge is 2.26. The minimum atomic E-state index is 0.205. The van der Waals surface area contributed by atoms with Gasteiger partial charge in [0.1, 0.15) is 10.8 Å². The number of amides is 1. The van der Waals surface area contributed by atoms with Crippen LogP contribution < -0.4 is 4.74 Å². The Balaban J connectivity index is 1.38. The zero-order valence-corrected chi connectivity index (χ0v) is 16.7. The van der Waals surface area contributed by atoms with Crippen LogP contribution in [0.4, 0.5) is 0 Å². The first-order chi connectivity index (χ1) is 13.7. The van der Waals surface area contributed by atoms with E-state index in [0.29, 0.717) is 12.3 Å². The van der Waals surface area contributed by atoms with Gasteiger partial charge in [-0.25, -0.2) is 0 Å². The van der Waals surface area contributed by atoms with Crippen LogP contribution in [0.2, 0.25) is 0 Å². The van der Waals surface area contributed by atoms with Gasteiger partial charge in [-0.15, -0.1) is 10.2 Å². The summed E-state index contributed by atoms with van der Waals surface area (Å²) in [6.07, 6.45) is 2.34. The third kappa shape index (κ3) is 4.07. The van der Waals surface area contributed by atoms with Crippen molar-refractivity contribution in [3.05, 3.63) is 65.2 Å². The van der Waals surface area contributed by atoms with Gasteiger partial charge in [-0.3, -0.25) is 4.79 Å². The Bertz CT molecular complexity index is 934. The van der Waals surface area contributed by atoms with Crippen molar-refractivity contribution < 1.29 is 9.53 Å². The summed E-state index contributed by atoms with van der Waals surface area (Å²) < 4.78 is 5.44. The second-order valence-corrected chi connectivity index (χ2v) is 7.97. The summed E-state index contributed by atoms with van der Waals surface area (Å²) in [6.45, 7) is 1.56. The van der Waals surface area contributed by atoms with Gasteiger partial charge < -0.3 is 9.64 Å². The molecule has 0 saturated carbocycles. The standard InChI is InChI=1S/C22H23N3O2S/c1-27-19-10-6-5-9-18(19)22-24-23-21(28-22)17-11-13-25(14-12-17)20(26)15-16-7-3-2-4-8-16/h2-10,17H,11-15H2,1H3. The molecule has 0 aliphatic carbocycles. The molecule has 0 bridgehead atoms. The largest absolute Gasteiger partial charge is 0.496 e. The summed E-state index contributed by atoms with van der Waals surface area (Å²) in [5.74, 6) is 1.38. The maximum absolute atomic E-state index is 12.6. The van der Waals surface area contributed by atoms with Gasteiger partial charge in [0.15, 0.2) is 5.01 Å². The molecule has 0 unspecified atom stereocenters. The average Bonchev–Trinajstić information content (AvgIpc) is 3.24. The van der Waals surface area contributed by atoms with E-state index in [1.807, 2.05) is 59.5 Å². The molecule has 1 aliphatic heterocycles. The summed E-state index contributed by atoms with van der Waals surface area (Å²) in [7, 11) is 1.67. The predicted octanol–water partition coefficient (Wildman–Crippen LogP) is 4.16. The SMILES string of the molecule is COc1ccccc1-c1nnc(C2CCN(C(=O)Cc3ccccc3)CC2)s1. The number of carbonyl (C=O) groups is 1. The minimum absolute atomic E-state index is 0.205. The molecule has 5 nitrogen and oxygen atoms in total. The van der Waals surface area contributed by atoms with Crippen molar-refractivity contribution in [3.63, 3.8) is 0 Å². The predicted molar refractivity (Wildman–Crippen MR) is 111 cm³/mol. The van der Waals surface area contributed by atoms with Crippen molar-refractivity contribution in [2.75, 3.05) is 20.2 Å². The molecule has 1 amide bonds. The van der Waals surface area contributed by atoms with Gasteiger partial charge in [-0.2, -0.15) is 0 Å². The normalized spacial score (nSPS) is 14.8. The van der Waals surface area contributed by atoms with Crippen LogP contribution in [-0.4, -0.2) is 41.2 Å². The molecule has 0 radical (unpaired) electrons. The Morgan fingerprint density at radius 1 is 1.07 bits per heavy atom. The number of hydrogen-bond donors (Lipinski definition) is 0.